The Morgan fingerprint density at radius 2 is 1.48 bits per heavy atom. The number of carbonyl (C=O) groups excluding carboxylic acids is 3. The second-order valence-electron chi connectivity index (χ2n) is 10.8. The minimum atomic E-state index is -1.17. The van der Waals surface area contributed by atoms with Crippen molar-refractivity contribution in [2.24, 2.45) is 11.7 Å². The fourth-order valence-corrected chi connectivity index (χ4v) is 5.18. The van der Waals surface area contributed by atoms with E-state index in [0.717, 1.165) is 22.0 Å². The Morgan fingerprint density at radius 1 is 0.857 bits per heavy atom. The van der Waals surface area contributed by atoms with E-state index in [-0.39, 0.29) is 18.8 Å². The molecular formula is C31H41N5O5S. The highest BCUT2D eigenvalue weighted by Crippen LogP contribution is 2.19. The van der Waals surface area contributed by atoms with Crippen LogP contribution in [0, 0.1) is 5.92 Å². The van der Waals surface area contributed by atoms with Crippen LogP contribution in [0.15, 0.2) is 60.8 Å². The number of thioether (sulfide) groups is 1. The first-order chi connectivity index (χ1) is 20.1. The van der Waals surface area contributed by atoms with E-state index in [1.54, 1.807) is 24.3 Å². The summed E-state index contributed by atoms with van der Waals surface area (Å²) in [6.07, 6.45) is 4.71. The molecule has 0 aliphatic heterocycles. The third-order valence-electron chi connectivity index (χ3n) is 6.93. The largest absolute Gasteiger partial charge is 0.480 e. The molecule has 0 aliphatic rings. The van der Waals surface area contributed by atoms with Crippen molar-refractivity contribution >= 4 is 46.4 Å². The predicted octanol–water partition coefficient (Wildman–Crippen LogP) is 2.62. The van der Waals surface area contributed by atoms with Crippen LogP contribution in [0.2, 0.25) is 0 Å². The Kier molecular flexibility index (Phi) is 12.4. The molecule has 2 aromatic carbocycles. The number of rotatable bonds is 16. The first-order valence-electron chi connectivity index (χ1n) is 14.1. The van der Waals surface area contributed by atoms with E-state index < -0.39 is 47.9 Å². The Hall–Kier alpha value is -3.83. The van der Waals surface area contributed by atoms with Crippen LogP contribution in [0.3, 0.4) is 0 Å². The monoisotopic (exact) mass is 595 g/mol. The number of carbonyl (C=O) groups is 4. The normalized spacial score (nSPS) is 14.1. The molecule has 0 spiro atoms. The number of carboxylic acids is 1. The zero-order chi connectivity index (χ0) is 30.6. The lowest BCUT2D eigenvalue weighted by atomic mass is 10.0. The summed E-state index contributed by atoms with van der Waals surface area (Å²) in [4.78, 5) is 54.9. The number of aromatic amines is 1. The minimum Gasteiger partial charge on any atom is -0.480 e. The zero-order valence-electron chi connectivity index (χ0n) is 24.3. The van der Waals surface area contributed by atoms with E-state index in [2.05, 4.69) is 20.9 Å². The first kappa shape index (κ1) is 32.7. The molecule has 0 saturated heterocycles. The lowest BCUT2D eigenvalue weighted by molar-refractivity contribution is -0.142. The SMILES string of the molecule is CSCCC(NC(=O)C(CC(C)C)NC(=O)C(N)Cc1c[nH]c2ccccc12)C(=O)NC(Cc1ccccc1)C(=O)O. The number of hydrogen-bond acceptors (Lipinski definition) is 6. The van der Waals surface area contributed by atoms with Gasteiger partial charge in [-0.3, -0.25) is 14.4 Å². The molecule has 4 unspecified atom stereocenters. The number of carboxylic acid groups (broad SMARTS) is 1. The second kappa shape index (κ2) is 16.0. The average Bonchev–Trinajstić information content (AvgIpc) is 3.37. The molecular weight excluding hydrogens is 554 g/mol. The summed E-state index contributed by atoms with van der Waals surface area (Å²) < 4.78 is 0. The average molecular weight is 596 g/mol. The molecule has 42 heavy (non-hydrogen) atoms. The van der Waals surface area contributed by atoms with Crippen molar-refractivity contribution in [1.82, 2.24) is 20.9 Å². The molecule has 3 rings (SSSR count). The number of fused-ring (bicyclic) bond motifs is 1. The van der Waals surface area contributed by atoms with E-state index in [9.17, 15) is 24.3 Å². The molecule has 0 saturated carbocycles. The first-order valence-corrected chi connectivity index (χ1v) is 15.5. The highest BCUT2D eigenvalue weighted by molar-refractivity contribution is 7.98. The zero-order valence-corrected chi connectivity index (χ0v) is 25.1. The molecule has 4 atom stereocenters. The molecule has 7 N–H and O–H groups in total. The number of benzene rings is 2. The Bertz CT molecular complexity index is 1350. The van der Waals surface area contributed by atoms with E-state index in [0.29, 0.717) is 18.6 Å². The maximum atomic E-state index is 13.4. The van der Waals surface area contributed by atoms with Crippen LogP contribution in [-0.4, -0.2) is 70.0 Å². The molecule has 0 radical (unpaired) electrons. The lowest BCUT2D eigenvalue weighted by Gasteiger charge is -2.26. The van der Waals surface area contributed by atoms with Gasteiger partial charge in [-0.15, -0.1) is 0 Å². The highest BCUT2D eigenvalue weighted by atomic mass is 32.2. The van der Waals surface area contributed by atoms with E-state index >= 15 is 0 Å². The number of aromatic nitrogens is 1. The molecule has 1 heterocycles. The molecule has 1 aromatic heterocycles. The van der Waals surface area contributed by atoms with Gasteiger partial charge in [-0.25, -0.2) is 4.79 Å². The molecule has 0 bridgehead atoms. The highest BCUT2D eigenvalue weighted by Gasteiger charge is 2.31. The van der Waals surface area contributed by atoms with Crippen molar-refractivity contribution in [3.8, 4) is 0 Å². The van der Waals surface area contributed by atoms with Gasteiger partial charge >= 0.3 is 5.97 Å². The fourth-order valence-electron chi connectivity index (χ4n) is 4.71. The summed E-state index contributed by atoms with van der Waals surface area (Å²) >= 11 is 1.50. The van der Waals surface area contributed by atoms with E-state index in [1.165, 1.54) is 11.8 Å². The smallest absolute Gasteiger partial charge is 0.326 e. The predicted molar refractivity (Wildman–Crippen MR) is 166 cm³/mol. The van der Waals surface area contributed by atoms with Crippen LogP contribution in [0.4, 0.5) is 0 Å². The van der Waals surface area contributed by atoms with Crippen molar-refractivity contribution in [2.75, 3.05) is 12.0 Å². The topological polar surface area (TPSA) is 166 Å². The van der Waals surface area contributed by atoms with Gasteiger partial charge in [-0.1, -0.05) is 62.4 Å². The molecule has 11 heteroatoms. The standard InChI is InChI=1S/C31H41N5O5S/c1-19(2)15-26(35-28(37)23(32)17-21-18-33-24-12-8-7-11-22(21)24)30(39)34-25(13-14-42-3)29(38)36-27(31(40)41)16-20-9-5-4-6-10-20/h4-12,18-19,23,25-27,33H,13-17,32H2,1-3H3,(H,34,39)(H,35,37)(H,36,38)(H,40,41). The van der Waals surface area contributed by atoms with Crippen LogP contribution >= 0.6 is 11.8 Å². The molecule has 226 valence electrons. The van der Waals surface area contributed by atoms with Crippen LogP contribution in [0.1, 0.15) is 37.8 Å². The van der Waals surface area contributed by atoms with Crippen LogP contribution in [0.5, 0.6) is 0 Å². The van der Waals surface area contributed by atoms with Crippen molar-refractivity contribution < 1.29 is 24.3 Å². The van der Waals surface area contributed by atoms with Crippen molar-refractivity contribution in [1.29, 1.82) is 0 Å². The summed E-state index contributed by atoms with van der Waals surface area (Å²) in [5.74, 6) is -2.13. The molecule has 0 fully saturated rings. The van der Waals surface area contributed by atoms with Gasteiger partial charge in [0.1, 0.15) is 18.1 Å². The summed E-state index contributed by atoms with van der Waals surface area (Å²) in [5.41, 5.74) is 8.87. The van der Waals surface area contributed by atoms with Gasteiger partial charge in [-0.05, 0) is 54.4 Å². The Labute approximate surface area is 250 Å². The van der Waals surface area contributed by atoms with Crippen LogP contribution in [0.25, 0.3) is 10.9 Å². The van der Waals surface area contributed by atoms with Gasteiger partial charge in [0.2, 0.25) is 17.7 Å². The maximum absolute atomic E-state index is 13.4. The van der Waals surface area contributed by atoms with Gasteiger partial charge in [0.15, 0.2) is 0 Å². The van der Waals surface area contributed by atoms with Gasteiger partial charge in [-0.2, -0.15) is 11.8 Å². The number of amides is 3. The third-order valence-corrected chi connectivity index (χ3v) is 7.58. The molecule has 10 nitrogen and oxygen atoms in total. The number of hydrogen-bond donors (Lipinski definition) is 6. The van der Waals surface area contributed by atoms with Crippen molar-refractivity contribution in [3.05, 3.63) is 71.9 Å². The van der Waals surface area contributed by atoms with Crippen LogP contribution in [-0.2, 0) is 32.0 Å². The van der Waals surface area contributed by atoms with Crippen molar-refractivity contribution in [3.63, 3.8) is 0 Å². The van der Waals surface area contributed by atoms with Gasteiger partial charge in [0.25, 0.3) is 0 Å². The summed E-state index contributed by atoms with van der Waals surface area (Å²) in [5, 5.41) is 18.9. The van der Waals surface area contributed by atoms with Gasteiger partial charge in [0.05, 0.1) is 6.04 Å². The summed E-state index contributed by atoms with van der Waals surface area (Å²) in [6, 6.07) is 12.8. The van der Waals surface area contributed by atoms with E-state index in [1.807, 2.05) is 56.6 Å². The Morgan fingerprint density at radius 3 is 2.14 bits per heavy atom. The summed E-state index contributed by atoms with van der Waals surface area (Å²) in [6.45, 7) is 3.86. The molecule has 3 amide bonds. The van der Waals surface area contributed by atoms with Gasteiger partial charge < -0.3 is 31.8 Å². The Balaban J connectivity index is 1.68. The molecule has 0 aliphatic carbocycles. The minimum absolute atomic E-state index is 0.0617. The maximum Gasteiger partial charge on any atom is 0.326 e. The number of nitrogens with one attached hydrogen (secondary N) is 4. The quantitative estimate of drug-likeness (QED) is 0.148. The second-order valence-corrected chi connectivity index (χ2v) is 11.8. The lowest BCUT2D eigenvalue weighted by Crippen LogP contribution is -2.57. The number of H-pyrrole nitrogens is 1. The van der Waals surface area contributed by atoms with E-state index in [4.69, 9.17) is 5.73 Å². The molecule has 3 aromatic rings. The van der Waals surface area contributed by atoms with Crippen LogP contribution < -0.4 is 21.7 Å². The number of nitrogens with two attached hydrogens (primary N) is 1. The third kappa shape index (κ3) is 9.63. The number of para-hydroxylation sites is 1. The fraction of sp³-hybridized carbons (Fsp3) is 0.419. The summed E-state index contributed by atoms with van der Waals surface area (Å²) in [7, 11) is 0. The van der Waals surface area contributed by atoms with Gasteiger partial charge in [0, 0.05) is 23.5 Å². The number of aliphatic carboxylic acids is 1. The van der Waals surface area contributed by atoms with Crippen molar-refractivity contribution in [2.45, 2.75) is 63.7 Å².